The molecule has 0 aliphatic rings. The van der Waals surface area contributed by atoms with Crippen LogP contribution in [-0.2, 0) is 17.9 Å². The van der Waals surface area contributed by atoms with E-state index < -0.39 is 19.8 Å². The highest BCUT2D eigenvalue weighted by Crippen LogP contribution is 2.41. The van der Waals surface area contributed by atoms with Crippen LogP contribution in [0, 0.1) is 12.7 Å². The van der Waals surface area contributed by atoms with Crippen LogP contribution in [0.4, 0.5) is 4.39 Å². The quantitative estimate of drug-likeness (QED) is 0.218. The number of amides is 1. The number of hydrogen-bond donors (Lipinski definition) is 2. The summed E-state index contributed by atoms with van der Waals surface area (Å²) in [6, 6.07) is 9.91. The fourth-order valence-electron chi connectivity index (χ4n) is 4.51. The van der Waals surface area contributed by atoms with Gasteiger partial charge in [-0.25, -0.2) is 9.37 Å². The zero-order valence-electron chi connectivity index (χ0n) is 21.0. The molecule has 0 saturated heterocycles. The maximum Gasteiger partial charge on any atom is 0.251 e. The number of nitrogens with one attached hydrogen (secondary N) is 1. The molecular weight excluding hydrogens is 459 g/mol. The number of rotatable bonds is 9. The summed E-state index contributed by atoms with van der Waals surface area (Å²) in [5.41, 5.74) is 11.1. The second kappa shape index (κ2) is 9.79. The van der Waals surface area contributed by atoms with Crippen molar-refractivity contribution in [3.05, 3.63) is 65.2 Å². The van der Waals surface area contributed by atoms with Crippen LogP contribution in [0.2, 0.25) is 25.7 Å². The first kappa shape index (κ1) is 24.9. The number of aromatic amines is 1. The normalized spacial score (nSPS) is 11.9. The van der Waals surface area contributed by atoms with Crippen LogP contribution in [0.15, 0.2) is 42.7 Å². The second-order valence-electron chi connectivity index (χ2n) is 10.1. The summed E-state index contributed by atoms with van der Waals surface area (Å²) in [6.45, 7) is 11.5. The Bertz CT molecular complexity index is 1380. The standard InChI is InChI=1S/C27H33FN4O2Si/c1-6-18-23(26(29)33)25(21-8-7-17(2)15-22(21)28)32(16-34-13-14-35(3,4)5)24(18)19-9-11-30-27-20(19)10-12-31-27/h7-12,15H,6,13-14,16H2,1-5H3,(H2,29,33)(H,30,31). The number of primary amides is 1. The first-order chi connectivity index (χ1) is 16.6. The number of aryl methyl sites for hydroxylation is 1. The minimum atomic E-state index is -1.30. The highest BCUT2D eigenvalue weighted by molar-refractivity contribution is 6.76. The molecule has 0 aliphatic heterocycles. The third-order valence-corrected chi connectivity index (χ3v) is 7.98. The summed E-state index contributed by atoms with van der Waals surface area (Å²) in [7, 11) is -1.30. The Morgan fingerprint density at radius 2 is 1.94 bits per heavy atom. The van der Waals surface area contributed by atoms with E-state index in [0.29, 0.717) is 29.8 Å². The van der Waals surface area contributed by atoms with Crippen molar-refractivity contribution in [1.29, 1.82) is 0 Å². The number of carbonyl (C=O) groups is 1. The van der Waals surface area contributed by atoms with E-state index in [4.69, 9.17) is 10.5 Å². The molecule has 0 spiro atoms. The number of fused-ring (bicyclic) bond motifs is 1. The predicted molar refractivity (Wildman–Crippen MR) is 142 cm³/mol. The van der Waals surface area contributed by atoms with Crippen molar-refractivity contribution >= 4 is 25.0 Å². The van der Waals surface area contributed by atoms with Gasteiger partial charge < -0.3 is 20.0 Å². The molecule has 1 amide bonds. The molecule has 0 saturated carbocycles. The molecule has 3 heterocycles. The number of halogens is 1. The third-order valence-electron chi connectivity index (χ3n) is 6.28. The molecule has 0 aliphatic carbocycles. The number of nitrogens with zero attached hydrogens (tertiary/aromatic N) is 2. The maximum atomic E-state index is 15.3. The van der Waals surface area contributed by atoms with E-state index in [1.165, 1.54) is 6.07 Å². The van der Waals surface area contributed by atoms with Crippen LogP contribution in [0.25, 0.3) is 33.5 Å². The van der Waals surface area contributed by atoms with E-state index in [1.54, 1.807) is 12.3 Å². The first-order valence-corrected chi connectivity index (χ1v) is 15.6. The average Bonchev–Trinajstić information content (AvgIpc) is 3.38. The van der Waals surface area contributed by atoms with E-state index in [2.05, 4.69) is 29.6 Å². The van der Waals surface area contributed by atoms with Crippen LogP contribution >= 0.6 is 0 Å². The Morgan fingerprint density at radius 3 is 2.60 bits per heavy atom. The molecule has 0 radical (unpaired) electrons. The van der Waals surface area contributed by atoms with Gasteiger partial charge >= 0.3 is 0 Å². The number of ether oxygens (including phenoxy) is 1. The number of benzene rings is 1. The number of nitrogens with two attached hydrogens (primary N) is 1. The first-order valence-electron chi connectivity index (χ1n) is 11.9. The Balaban J connectivity index is 2.00. The molecular formula is C27H33FN4O2Si. The van der Waals surface area contributed by atoms with Gasteiger partial charge in [-0.1, -0.05) is 32.6 Å². The molecule has 1 aromatic carbocycles. The van der Waals surface area contributed by atoms with Crippen molar-refractivity contribution in [3.63, 3.8) is 0 Å². The van der Waals surface area contributed by atoms with Gasteiger partial charge in [-0.3, -0.25) is 4.79 Å². The molecule has 184 valence electrons. The Kier molecular flexibility index (Phi) is 6.96. The number of carbonyl (C=O) groups excluding carboxylic acids is 1. The number of hydrogen-bond acceptors (Lipinski definition) is 3. The van der Waals surface area contributed by atoms with Gasteiger partial charge in [0.15, 0.2) is 0 Å². The van der Waals surface area contributed by atoms with Gasteiger partial charge in [-0.15, -0.1) is 0 Å². The fraction of sp³-hybridized carbons (Fsp3) is 0.333. The highest BCUT2D eigenvalue weighted by Gasteiger charge is 2.29. The summed E-state index contributed by atoms with van der Waals surface area (Å²) >= 11 is 0. The molecule has 0 atom stereocenters. The minimum absolute atomic E-state index is 0.178. The molecule has 8 heteroatoms. The number of aromatic nitrogens is 3. The van der Waals surface area contributed by atoms with Gasteiger partial charge in [0.05, 0.1) is 17.0 Å². The van der Waals surface area contributed by atoms with Crippen LogP contribution in [-0.4, -0.2) is 35.1 Å². The van der Waals surface area contributed by atoms with Gasteiger partial charge in [0.25, 0.3) is 5.91 Å². The topological polar surface area (TPSA) is 85.9 Å². The van der Waals surface area contributed by atoms with Crippen molar-refractivity contribution in [1.82, 2.24) is 14.5 Å². The summed E-state index contributed by atoms with van der Waals surface area (Å²) < 4.78 is 23.4. The monoisotopic (exact) mass is 492 g/mol. The Hall–Kier alpha value is -3.23. The Morgan fingerprint density at radius 1 is 1.17 bits per heavy atom. The molecule has 3 N–H and O–H groups in total. The molecule has 6 nitrogen and oxygen atoms in total. The Labute approximate surface area is 206 Å². The summed E-state index contributed by atoms with van der Waals surface area (Å²) in [5.74, 6) is -0.984. The van der Waals surface area contributed by atoms with Gasteiger partial charge in [0.2, 0.25) is 0 Å². The van der Waals surface area contributed by atoms with Crippen molar-refractivity contribution in [2.75, 3.05) is 6.61 Å². The summed E-state index contributed by atoms with van der Waals surface area (Å²) in [6.07, 6.45) is 4.11. The van der Waals surface area contributed by atoms with E-state index >= 15 is 4.39 Å². The molecule has 0 bridgehead atoms. The number of pyridine rings is 1. The van der Waals surface area contributed by atoms with Gasteiger partial charge in [-0.2, -0.15) is 0 Å². The average molecular weight is 493 g/mol. The lowest BCUT2D eigenvalue weighted by atomic mass is 9.98. The summed E-state index contributed by atoms with van der Waals surface area (Å²) in [4.78, 5) is 20.4. The van der Waals surface area contributed by atoms with E-state index in [1.807, 2.05) is 42.8 Å². The van der Waals surface area contributed by atoms with Gasteiger partial charge in [0, 0.05) is 43.6 Å². The lowest BCUT2D eigenvalue weighted by Crippen LogP contribution is -2.22. The van der Waals surface area contributed by atoms with Gasteiger partial charge in [-0.05, 0) is 54.8 Å². The molecule has 3 aromatic heterocycles. The summed E-state index contributed by atoms with van der Waals surface area (Å²) in [5, 5.41) is 0.912. The second-order valence-corrected chi connectivity index (χ2v) is 15.7. The van der Waals surface area contributed by atoms with Gasteiger partial charge in [0.1, 0.15) is 18.2 Å². The lowest BCUT2D eigenvalue weighted by molar-refractivity contribution is 0.0893. The smallest absolute Gasteiger partial charge is 0.251 e. The van der Waals surface area contributed by atoms with Crippen LogP contribution < -0.4 is 5.73 Å². The number of H-pyrrole nitrogens is 1. The van der Waals surface area contributed by atoms with E-state index in [9.17, 15) is 4.79 Å². The van der Waals surface area contributed by atoms with Crippen molar-refractivity contribution in [3.8, 4) is 22.5 Å². The zero-order chi connectivity index (χ0) is 25.3. The van der Waals surface area contributed by atoms with Crippen LogP contribution in [0.5, 0.6) is 0 Å². The molecule has 0 fully saturated rings. The van der Waals surface area contributed by atoms with Crippen molar-refractivity contribution < 1.29 is 13.9 Å². The molecule has 4 aromatic rings. The SMILES string of the molecule is CCc1c(C(N)=O)c(-c2ccc(C)cc2F)n(COCC[Si](C)(C)C)c1-c1ccnc2[nH]ccc12. The zero-order valence-corrected chi connectivity index (χ0v) is 22.0. The largest absolute Gasteiger partial charge is 0.366 e. The fourth-order valence-corrected chi connectivity index (χ4v) is 5.27. The third kappa shape index (κ3) is 4.94. The molecule has 0 unspecified atom stereocenters. The van der Waals surface area contributed by atoms with Crippen LogP contribution in [0.1, 0.15) is 28.4 Å². The minimum Gasteiger partial charge on any atom is -0.366 e. The highest BCUT2D eigenvalue weighted by atomic mass is 28.3. The maximum absolute atomic E-state index is 15.3. The van der Waals surface area contributed by atoms with Crippen molar-refractivity contribution in [2.45, 2.75) is 52.7 Å². The van der Waals surface area contributed by atoms with Crippen LogP contribution in [0.3, 0.4) is 0 Å². The lowest BCUT2D eigenvalue weighted by Gasteiger charge is -2.19. The van der Waals surface area contributed by atoms with Crippen molar-refractivity contribution in [2.24, 2.45) is 5.73 Å². The van der Waals surface area contributed by atoms with E-state index in [0.717, 1.165) is 39.5 Å². The van der Waals surface area contributed by atoms with E-state index in [-0.39, 0.29) is 6.73 Å². The predicted octanol–water partition coefficient (Wildman–Crippen LogP) is 6.12. The molecule has 35 heavy (non-hydrogen) atoms. The molecule has 4 rings (SSSR count).